The fraction of sp³-hybridized carbons (Fsp3) is 0.333. The summed E-state index contributed by atoms with van der Waals surface area (Å²) in [5.74, 6) is -2.66. The first-order chi connectivity index (χ1) is 18.4. The number of nitrogens with one attached hydrogen (secondary N) is 1. The molecule has 2 heterocycles. The number of carboxylic acid groups (broad SMARTS) is 1. The minimum atomic E-state index is -5.08. The quantitative estimate of drug-likeness (QED) is 0.432. The molecule has 0 saturated heterocycles. The molecular formula is C21H19F3N8O4S. The molecule has 3 aliphatic rings. The number of carboxylic acids is 1. The number of aliphatic carboxylic acids is 1. The van der Waals surface area contributed by atoms with E-state index in [4.69, 9.17) is 19.7 Å². The second-order valence-corrected chi connectivity index (χ2v) is 10.3. The molecule has 3 fully saturated rings. The molecule has 16 heteroatoms. The van der Waals surface area contributed by atoms with E-state index in [2.05, 4.69) is 31.0 Å². The van der Waals surface area contributed by atoms with Crippen molar-refractivity contribution < 1.29 is 35.6 Å². The number of benzene rings is 1. The Labute approximate surface area is 212 Å². The van der Waals surface area contributed by atoms with E-state index in [1.165, 1.54) is 36.8 Å². The zero-order chi connectivity index (χ0) is 29.7. The predicted molar refractivity (Wildman–Crippen MR) is 120 cm³/mol. The van der Waals surface area contributed by atoms with Crippen LogP contribution in [0.2, 0.25) is 0 Å². The number of carbonyl (C=O) groups is 1. The summed E-state index contributed by atoms with van der Waals surface area (Å²) in [5.41, 5.74) is 4.94. The van der Waals surface area contributed by atoms with E-state index < -0.39 is 40.0 Å². The van der Waals surface area contributed by atoms with E-state index >= 15 is 0 Å². The number of rotatable bonds is 5. The van der Waals surface area contributed by atoms with Crippen molar-refractivity contribution in [1.29, 1.82) is 5.26 Å². The van der Waals surface area contributed by atoms with Crippen LogP contribution < -0.4 is 10.5 Å². The Morgan fingerprint density at radius 2 is 1.92 bits per heavy atom. The molecule has 37 heavy (non-hydrogen) atoms. The van der Waals surface area contributed by atoms with E-state index in [9.17, 15) is 26.9 Å². The normalized spacial score (nSPS) is 23.6. The average molecular weight is 540 g/mol. The van der Waals surface area contributed by atoms with E-state index in [0.717, 1.165) is 4.80 Å². The van der Waals surface area contributed by atoms with Crippen LogP contribution in [0.1, 0.15) is 28.9 Å². The molecule has 0 amide bonds. The van der Waals surface area contributed by atoms with Gasteiger partial charge in [-0.1, -0.05) is 6.07 Å². The largest absolute Gasteiger partial charge is 0.490 e. The standard InChI is InChI=1S/C19H18N8O2S.C2HF3O2/c1-12-2-3-13(30(28,29)26-19-8-18(9-19,10-19)11-20)6-14(12)15-7-22-16(21)17(25-15)27-23-4-5-24-27;3-2(4,5)1(6)7/h2-7,26H,8-10H2,1H3,(H2,21,22);(H,6,7)/i1D3;. The van der Waals surface area contributed by atoms with Crippen LogP contribution >= 0.6 is 0 Å². The maximum Gasteiger partial charge on any atom is 0.490 e. The monoisotopic (exact) mass is 539 g/mol. The first-order valence-electron chi connectivity index (χ1n) is 11.8. The van der Waals surface area contributed by atoms with Crippen molar-refractivity contribution in [2.75, 3.05) is 5.73 Å². The number of aromatic nitrogens is 5. The molecule has 0 unspecified atom stereocenters. The van der Waals surface area contributed by atoms with Crippen LogP contribution in [-0.2, 0) is 14.8 Å². The van der Waals surface area contributed by atoms with Gasteiger partial charge in [0.2, 0.25) is 15.8 Å². The molecule has 0 aliphatic heterocycles. The third kappa shape index (κ3) is 4.95. The molecular weight excluding hydrogens is 517 g/mol. The van der Waals surface area contributed by atoms with Crippen LogP contribution in [0.3, 0.4) is 0 Å². The topological polar surface area (TPSA) is 190 Å². The second kappa shape index (κ2) is 8.78. The summed E-state index contributed by atoms with van der Waals surface area (Å²) in [6, 6.07) is 5.99. The zero-order valence-corrected chi connectivity index (χ0v) is 19.4. The number of nitrogens with zero attached hydrogens (tertiary/aromatic N) is 6. The van der Waals surface area contributed by atoms with Gasteiger partial charge in [0.1, 0.15) is 0 Å². The summed E-state index contributed by atoms with van der Waals surface area (Å²) < 4.78 is 84.3. The number of anilines is 1. The number of sulfonamides is 1. The fourth-order valence-corrected chi connectivity index (χ4v) is 5.68. The average Bonchev–Trinajstić information content (AvgIpc) is 3.34. The first-order valence-corrected chi connectivity index (χ1v) is 11.8. The van der Waals surface area contributed by atoms with Crippen molar-refractivity contribution in [1.82, 2.24) is 29.7 Å². The summed E-state index contributed by atoms with van der Waals surface area (Å²) in [5, 5.41) is 24.2. The number of hydrogen-bond donors (Lipinski definition) is 3. The van der Waals surface area contributed by atoms with Gasteiger partial charge in [-0.2, -0.15) is 28.6 Å². The number of aryl methyl sites for hydroxylation is 1. The van der Waals surface area contributed by atoms with Gasteiger partial charge in [0, 0.05) is 15.2 Å². The Bertz CT molecular complexity index is 1600. The van der Waals surface area contributed by atoms with E-state index in [-0.39, 0.29) is 33.4 Å². The summed E-state index contributed by atoms with van der Waals surface area (Å²) >= 11 is 0. The van der Waals surface area contributed by atoms with Gasteiger partial charge < -0.3 is 10.8 Å². The lowest BCUT2D eigenvalue weighted by molar-refractivity contribution is -0.192. The van der Waals surface area contributed by atoms with Crippen LogP contribution in [0.25, 0.3) is 17.1 Å². The number of halogens is 3. The number of alkyl halides is 3. The van der Waals surface area contributed by atoms with Crippen LogP contribution in [0, 0.1) is 23.6 Å². The van der Waals surface area contributed by atoms with Crippen molar-refractivity contribution in [3.8, 4) is 23.1 Å². The number of nitriles is 1. The first kappa shape index (κ1) is 22.1. The maximum absolute atomic E-state index is 13.1. The van der Waals surface area contributed by atoms with Crippen molar-refractivity contribution >= 4 is 21.8 Å². The van der Waals surface area contributed by atoms with Gasteiger partial charge in [0.15, 0.2) is 5.82 Å². The molecule has 2 bridgehead atoms. The molecule has 0 radical (unpaired) electrons. The molecule has 3 saturated carbocycles. The second-order valence-electron chi connectivity index (χ2n) is 8.60. The molecule has 2 aromatic heterocycles. The lowest BCUT2D eigenvalue weighted by Crippen LogP contribution is -2.74. The lowest BCUT2D eigenvalue weighted by Gasteiger charge is -2.66. The highest BCUT2D eigenvalue weighted by Gasteiger charge is 2.69. The van der Waals surface area contributed by atoms with Crippen LogP contribution in [-0.4, -0.2) is 56.2 Å². The molecule has 12 nitrogen and oxygen atoms in total. The van der Waals surface area contributed by atoms with Gasteiger partial charge in [-0.3, -0.25) is 0 Å². The van der Waals surface area contributed by atoms with Crippen molar-refractivity contribution in [3.05, 3.63) is 42.4 Å². The summed E-state index contributed by atoms with van der Waals surface area (Å²) in [6.45, 7) is -2.54. The highest BCUT2D eigenvalue weighted by molar-refractivity contribution is 7.89. The Hall–Kier alpha value is -4.10. The van der Waals surface area contributed by atoms with Crippen molar-refractivity contribution in [2.45, 2.75) is 42.7 Å². The van der Waals surface area contributed by atoms with Crippen LogP contribution in [0.4, 0.5) is 19.0 Å². The highest BCUT2D eigenvalue weighted by atomic mass is 32.2. The molecule has 3 aromatic rings. The van der Waals surface area contributed by atoms with Gasteiger partial charge >= 0.3 is 12.1 Å². The van der Waals surface area contributed by atoms with E-state index in [1.807, 2.05) is 0 Å². The molecule has 0 spiro atoms. The van der Waals surface area contributed by atoms with Gasteiger partial charge in [-0.05, 0) is 43.8 Å². The Morgan fingerprint density at radius 3 is 2.46 bits per heavy atom. The smallest absolute Gasteiger partial charge is 0.475 e. The highest BCUT2D eigenvalue weighted by Crippen LogP contribution is 2.67. The molecule has 3 aliphatic carbocycles. The number of nitrogen functional groups attached to an aromatic ring is 1. The van der Waals surface area contributed by atoms with Crippen LogP contribution in [0.15, 0.2) is 41.7 Å². The summed E-state index contributed by atoms with van der Waals surface area (Å²) in [6.07, 6.45) is 0.442. The summed E-state index contributed by atoms with van der Waals surface area (Å²) in [4.78, 5) is 18.3. The fourth-order valence-electron chi connectivity index (χ4n) is 4.25. The predicted octanol–water partition coefficient (Wildman–Crippen LogP) is 1.97. The molecule has 1 aromatic carbocycles. The van der Waals surface area contributed by atoms with Gasteiger partial charge in [0.05, 0.1) is 40.7 Å². The Balaban J connectivity index is 0.000000470. The SMILES string of the molecule is O=C(O)C(F)(F)F.[2H]C([2H])([2H])c1ccc(S(=O)(=O)NC23CC(C#N)(C2)C3)cc1-c1cnc(N)c(-n2nccn2)n1. The lowest BCUT2D eigenvalue weighted by atomic mass is 9.40. The molecule has 194 valence electrons. The van der Waals surface area contributed by atoms with E-state index in [1.54, 1.807) is 0 Å². The molecule has 0 atom stereocenters. The maximum atomic E-state index is 13.1. The third-order valence-corrected chi connectivity index (χ3v) is 7.40. The number of hydrogen-bond acceptors (Lipinski definition) is 9. The minimum Gasteiger partial charge on any atom is -0.475 e. The minimum absolute atomic E-state index is 0.0193. The van der Waals surface area contributed by atoms with Crippen molar-refractivity contribution in [2.24, 2.45) is 5.41 Å². The van der Waals surface area contributed by atoms with Gasteiger partial charge in [-0.15, -0.1) is 4.80 Å². The molecule has 6 rings (SSSR count). The Kier molecular flexibility index (Phi) is 5.25. The zero-order valence-electron chi connectivity index (χ0n) is 21.6. The third-order valence-electron chi connectivity index (χ3n) is 5.83. The van der Waals surface area contributed by atoms with Crippen molar-refractivity contribution in [3.63, 3.8) is 0 Å². The van der Waals surface area contributed by atoms with E-state index in [0.29, 0.717) is 19.3 Å². The van der Waals surface area contributed by atoms with Gasteiger partial charge in [-0.25, -0.2) is 27.9 Å². The summed E-state index contributed by atoms with van der Waals surface area (Å²) in [7, 11) is -3.98. The van der Waals surface area contributed by atoms with Crippen LogP contribution in [0.5, 0.6) is 0 Å². The Morgan fingerprint density at radius 1 is 1.30 bits per heavy atom. The number of nitrogens with two attached hydrogens (primary N) is 1. The van der Waals surface area contributed by atoms with Gasteiger partial charge in [0.25, 0.3) is 0 Å². The molecule has 4 N–H and O–H groups in total.